The van der Waals surface area contributed by atoms with E-state index in [1.165, 1.54) is 0 Å². The van der Waals surface area contributed by atoms with Gasteiger partial charge < -0.3 is 4.74 Å². The maximum Gasteiger partial charge on any atom is 0.203 e. The average Bonchev–Trinajstić information content (AvgIpc) is 3.15. The molecule has 0 saturated carbocycles. The fraction of sp³-hybridized carbons (Fsp3) is 0.200. The highest BCUT2D eigenvalue weighted by atomic mass is 32.1. The number of anilines is 1. The fourth-order valence-electron chi connectivity index (χ4n) is 2.47. The molecule has 0 spiro atoms. The average molecular weight is 351 g/mol. The van der Waals surface area contributed by atoms with Gasteiger partial charge in [-0.15, -0.1) is 11.3 Å². The largest absolute Gasteiger partial charge is 0.497 e. The Morgan fingerprint density at radius 1 is 1.12 bits per heavy atom. The van der Waals surface area contributed by atoms with E-state index in [1.807, 2.05) is 47.8 Å². The van der Waals surface area contributed by atoms with Crippen molar-refractivity contribution in [1.29, 1.82) is 0 Å². The third-order valence-corrected chi connectivity index (χ3v) is 4.52. The Morgan fingerprint density at radius 2 is 1.88 bits per heavy atom. The van der Waals surface area contributed by atoms with Gasteiger partial charge in [-0.3, -0.25) is 5.43 Å². The van der Waals surface area contributed by atoms with Crippen molar-refractivity contribution >= 4 is 22.2 Å². The number of hydrogen-bond acceptors (Lipinski definition) is 5. The lowest BCUT2D eigenvalue weighted by molar-refractivity contribution is 0.415. The van der Waals surface area contributed by atoms with Crippen LogP contribution >= 0.6 is 11.3 Å². The lowest BCUT2D eigenvalue weighted by atomic mass is 10.1. The lowest BCUT2D eigenvalue weighted by Crippen LogP contribution is -2.04. The maximum atomic E-state index is 5.19. The number of ether oxygens (including phenoxy) is 1. The highest BCUT2D eigenvalue weighted by Gasteiger charge is 2.06. The third-order valence-electron chi connectivity index (χ3n) is 3.77. The molecule has 2 aromatic carbocycles. The van der Waals surface area contributed by atoms with Crippen molar-refractivity contribution in [3.63, 3.8) is 0 Å². The van der Waals surface area contributed by atoms with Crippen LogP contribution in [0.1, 0.15) is 25.3 Å². The van der Waals surface area contributed by atoms with Gasteiger partial charge >= 0.3 is 0 Å². The van der Waals surface area contributed by atoms with Crippen LogP contribution in [0.3, 0.4) is 0 Å². The molecule has 1 heterocycles. The molecule has 5 heteroatoms. The first-order valence-corrected chi connectivity index (χ1v) is 9.16. The first-order chi connectivity index (χ1) is 12.3. The summed E-state index contributed by atoms with van der Waals surface area (Å²) in [6, 6.07) is 18.1. The first-order valence-electron chi connectivity index (χ1n) is 8.28. The minimum absolute atomic E-state index is 0.787. The van der Waals surface area contributed by atoms with Crippen molar-refractivity contribution in [2.45, 2.75) is 19.8 Å². The number of nitrogens with zero attached hydrogens (tertiary/aromatic N) is 2. The molecule has 0 atom stereocenters. The quantitative estimate of drug-likeness (QED) is 0.456. The van der Waals surface area contributed by atoms with Crippen molar-refractivity contribution in [3.05, 3.63) is 65.5 Å². The number of rotatable bonds is 7. The Hall–Kier alpha value is -2.66. The second-order valence-corrected chi connectivity index (χ2v) is 6.41. The normalized spacial score (nSPS) is 11.4. The molecule has 0 radical (unpaired) electrons. The van der Waals surface area contributed by atoms with Crippen LogP contribution < -0.4 is 10.2 Å². The zero-order valence-electron chi connectivity index (χ0n) is 14.4. The van der Waals surface area contributed by atoms with E-state index < -0.39 is 0 Å². The van der Waals surface area contributed by atoms with Gasteiger partial charge in [-0.2, -0.15) is 5.10 Å². The van der Waals surface area contributed by atoms with E-state index in [9.17, 15) is 0 Å². The second-order valence-electron chi connectivity index (χ2n) is 5.55. The predicted molar refractivity (Wildman–Crippen MR) is 106 cm³/mol. The zero-order valence-corrected chi connectivity index (χ0v) is 15.2. The monoisotopic (exact) mass is 351 g/mol. The summed E-state index contributed by atoms with van der Waals surface area (Å²) in [4.78, 5) is 4.62. The van der Waals surface area contributed by atoms with Crippen LogP contribution in [0.2, 0.25) is 0 Å². The van der Waals surface area contributed by atoms with Crippen LogP contribution in [0, 0.1) is 0 Å². The summed E-state index contributed by atoms with van der Waals surface area (Å²) in [5.41, 5.74) is 7.29. The van der Waals surface area contributed by atoms with Gasteiger partial charge in [-0.25, -0.2) is 4.98 Å². The smallest absolute Gasteiger partial charge is 0.203 e. The van der Waals surface area contributed by atoms with Gasteiger partial charge in [0.1, 0.15) is 5.75 Å². The van der Waals surface area contributed by atoms with Gasteiger partial charge in [0.15, 0.2) is 0 Å². The van der Waals surface area contributed by atoms with E-state index in [0.717, 1.165) is 46.3 Å². The zero-order chi connectivity index (χ0) is 17.5. The van der Waals surface area contributed by atoms with Crippen molar-refractivity contribution in [1.82, 2.24) is 4.98 Å². The van der Waals surface area contributed by atoms with Gasteiger partial charge in [0, 0.05) is 10.9 Å². The molecule has 0 fully saturated rings. The Kier molecular flexibility index (Phi) is 5.80. The van der Waals surface area contributed by atoms with E-state index in [4.69, 9.17) is 4.74 Å². The molecule has 25 heavy (non-hydrogen) atoms. The summed E-state index contributed by atoms with van der Waals surface area (Å²) in [5.74, 6) is 0.842. The number of methoxy groups -OCH3 is 1. The topological polar surface area (TPSA) is 46.5 Å². The molecule has 0 aliphatic rings. The fourth-order valence-corrected chi connectivity index (χ4v) is 3.13. The van der Waals surface area contributed by atoms with Gasteiger partial charge in [-0.05, 0) is 36.2 Å². The highest BCUT2D eigenvalue weighted by Crippen LogP contribution is 2.26. The van der Waals surface area contributed by atoms with Gasteiger partial charge in [0.05, 0.1) is 18.5 Å². The van der Waals surface area contributed by atoms with Crippen LogP contribution in [0.25, 0.3) is 11.3 Å². The van der Waals surface area contributed by atoms with Crippen molar-refractivity contribution in [3.8, 4) is 17.0 Å². The van der Waals surface area contributed by atoms with E-state index in [2.05, 4.69) is 34.6 Å². The number of hydrogen-bond donors (Lipinski definition) is 1. The molecular weight excluding hydrogens is 330 g/mol. The number of benzene rings is 2. The molecule has 3 rings (SSSR count). The van der Waals surface area contributed by atoms with E-state index in [1.54, 1.807) is 18.4 Å². The van der Waals surface area contributed by atoms with Crippen LogP contribution in [-0.2, 0) is 0 Å². The maximum absolute atomic E-state index is 5.19. The molecule has 0 aliphatic carbocycles. The molecular formula is C20H21N3OS. The second kappa shape index (κ2) is 8.44. The molecule has 0 saturated heterocycles. The van der Waals surface area contributed by atoms with Gasteiger partial charge in [-0.1, -0.05) is 43.7 Å². The Labute approximate surface area is 152 Å². The van der Waals surface area contributed by atoms with Crippen LogP contribution in [0.4, 0.5) is 5.13 Å². The summed E-state index contributed by atoms with van der Waals surface area (Å²) in [6.45, 7) is 2.16. The van der Waals surface area contributed by atoms with Crippen LogP contribution in [0.15, 0.2) is 65.1 Å². The molecule has 0 unspecified atom stereocenters. The highest BCUT2D eigenvalue weighted by molar-refractivity contribution is 7.14. The summed E-state index contributed by atoms with van der Waals surface area (Å²) in [6.07, 6.45) is 1.97. The third kappa shape index (κ3) is 4.45. The van der Waals surface area contributed by atoms with Crippen molar-refractivity contribution < 1.29 is 4.74 Å². The van der Waals surface area contributed by atoms with Crippen molar-refractivity contribution in [2.24, 2.45) is 5.10 Å². The number of aromatic nitrogens is 1. The molecule has 0 bridgehead atoms. The van der Waals surface area contributed by atoms with E-state index in [-0.39, 0.29) is 0 Å². The molecule has 1 N–H and O–H groups in total. The standard InChI is InChI=1S/C20H21N3OS/c1-3-7-18(15-8-5-4-6-9-15)22-23-20-21-19(14-25-20)16-10-12-17(24-2)13-11-16/h4-6,8-14H,3,7H2,1-2H3,(H,21,23)/b22-18+. The van der Waals surface area contributed by atoms with E-state index >= 15 is 0 Å². The summed E-state index contributed by atoms with van der Waals surface area (Å²) >= 11 is 1.55. The van der Waals surface area contributed by atoms with Crippen molar-refractivity contribution in [2.75, 3.05) is 12.5 Å². The minimum Gasteiger partial charge on any atom is -0.497 e. The molecule has 1 aromatic heterocycles. The van der Waals surface area contributed by atoms with E-state index in [0.29, 0.717) is 0 Å². The first kappa shape index (κ1) is 17.2. The minimum atomic E-state index is 0.787. The number of thiazole rings is 1. The molecule has 128 valence electrons. The van der Waals surface area contributed by atoms with Gasteiger partial charge in [0.2, 0.25) is 5.13 Å². The Morgan fingerprint density at radius 3 is 2.56 bits per heavy atom. The van der Waals surface area contributed by atoms with Crippen LogP contribution in [0.5, 0.6) is 5.75 Å². The lowest BCUT2D eigenvalue weighted by Gasteiger charge is -2.05. The van der Waals surface area contributed by atoms with Crippen LogP contribution in [-0.4, -0.2) is 17.8 Å². The number of hydrazone groups is 1. The van der Waals surface area contributed by atoms with Gasteiger partial charge in [0.25, 0.3) is 0 Å². The summed E-state index contributed by atoms with van der Waals surface area (Å²) in [5, 5.41) is 7.40. The number of nitrogens with one attached hydrogen (secondary N) is 1. The SMILES string of the molecule is CCC/C(=N\Nc1nc(-c2ccc(OC)cc2)cs1)c1ccccc1. The molecule has 0 aliphatic heterocycles. The Bertz CT molecular complexity index is 826. The summed E-state index contributed by atoms with van der Waals surface area (Å²) < 4.78 is 5.19. The molecule has 4 nitrogen and oxygen atoms in total. The summed E-state index contributed by atoms with van der Waals surface area (Å²) in [7, 11) is 1.67. The molecule has 0 amide bonds. The Balaban J connectivity index is 1.75. The predicted octanol–water partition coefficient (Wildman–Crippen LogP) is 5.44. The molecule has 3 aromatic rings.